The maximum atomic E-state index is 13.5. The molecule has 6 atom stereocenters. The first kappa shape index (κ1) is 27.5. The van der Waals surface area contributed by atoms with E-state index in [1.165, 1.54) is 30.3 Å². The van der Waals surface area contributed by atoms with Crippen molar-refractivity contribution in [3.63, 3.8) is 0 Å². The van der Waals surface area contributed by atoms with Crippen LogP contribution in [0.25, 0.3) is 0 Å². The van der Waals surface area contributed by atoms with Crippen molar-refractivity contribution in [2.24, 2.45) is 23.7 Å². The van der Waals surface area contributed by atoms with E-state index >= 15 is 0 Å². The first-order valence-electron chi connectivity index (χ1n) is 13.1. The second-order valence-electron chi connectivity index (χ2n) is 10.3. The second-order valence-corrected chi connectivity index (χ2v) is 12.4. The highest BCUT2D eigenvalue weighted by molar-refractivity contribution is 9.12. The number of amides is 2. The summed E-state index contributed by atoms with van der Waals surface area (Å²) in [5.41, 5.74) is 0.846. The molecule has 3 aliphatic rings. The summed E-state index contributed by atoms with van der Waals surface area (Å²) in [7, 11) is 0. The molecule has 0 spiro atoms. The molecule has 8 nitrogen and oxygen atoms in total. The SMILES string of the molecule is O=C(COC(=O)c1ccccc1N1C(=O)C2C3CC(C(Br)C3Br)C2C1=O)c1ccc(OC(=O)c2ccccc2)cc1. The Kier molecular flexibility index (Phi) is 7.37. The monoisotopic (exact) mass is 679 g/mol. The number of ether oxygens (including phenoxy) is 2. The molecule has 6 unspecified atom stereocenters. The number of halogens is 2. The van der Waals surface area contributed by atoms with Gasteiger partial charge in [0.15, 0.2) is 12.4 Å². The first-order chi connectivity index (χ1) is 19.8. The summed E-state index contributed by atoms with van der Waals surface area (Å²) in [6.07, 6.45) is 0.800. The zero-order chi connectivity index (χ0) is 28.8. The van der Waals surface area contributed by atoms with Gasteiger partial charge >= 0.3 is 11.9 Å². The van der Waals surface area contributed by atoms with Crippen LogP contribution in [0, 0.1) is 23.7 Å². The van der Waals surface area contributed by atoms with Crippen LogP contribution in [0.1, 0.15) is 37.5 Å². The average Bonchev–Trinajstić information content (AvgIpc) is 3.61. The van der Waals surface area contributed by atoms with Gasteiger partial charge in [0.05, 0.1) is 28.7 Å². The minimum Gasteiger partial charge on any atom is -0.454 e. The maximum Gasteiger partial charge on any atom is 0.343 e. The molecule has 3 aromatic rings. The molecule has 3 fully saturated rings. The van der Waals surface area contributed by atoms with Gasteiger partial charge in [-0.2, -0.15) is 0 Å². The lowest BCUT2D eigenvalue weighted by atomic mass is 9.81. The summed E-state index contributed by atoms with van der Waals surface area (Å²) in [4.78, 5) is 66.3. The number of nitrogens with zero attached hydrogens (tertiary/aromatic N) is 1. The molecule has 0 radical (unpaired) electrons. The van der Waals surface area contributed by atoms with Crippen molar-refractivity contribution >= 4 is 67.1 Å². The summed E-state index contributed by atoms with van der Waals surface area (Å²) in [6.45, 7) is -0.551. The topological polar surface area (TPSA) is 107 Å². The van der Waals surface area contributed by atoms with Crippen LogP contribution >= 0.6 is 31.9 Å². The van der Waals surface area contributed by atoms with Gasteiger partial charge in [-0.25, -0.2) is 14.5 Å². The zero-order valence-corrected chi connectivity index (χ0v) is 24.6. The predicted octanol–water partition coefficient (Wildman–Crippen LogP) is 5.23. The van der Waals surface area contributed by atoms with Crippen LogP contribution < -0.4 is 9.64 Å². The summed E-state index contributed by atoms with van der Waals surface area (Å²) in [5.74, 6) is -2.93. The van der Waals surface area contributed by atoms with Gasteiger partial charge in [-0.05, 0) is 66.8 Å². The van der Waals surface area contributed by atoms with E-state index in [0.29, 0.717) is 5.56 Å². The molecule has 2 saturated carbocycles. The number of alkyl halides is 2. The van der Waals surface area contributed by atoms with E-state index in [-0.39, 0.29) is 55.9 Å². The molecule has 0 N–H and O–H groups in total. The number of anilines is 1. The normalized spacial score (nSPS) is 26.1. The van der Waals surface area contributed by atoms with Crippen molar-refractivity contribution in [3.05, 3.63) is 95.6 Å². The van der Waals surface area contributed by atoms with Crippen molar-refractivity contribution in [1.82, 2.24) is 0 Å². The summed E-state index contributed by atoms with van der Waals surface area (Å²) >= 11 is 7.36. The number of fused-ring (bicyclic) bond motifs is 5. The number of esters is 2. The Morgan fingerprint density at radius 1 is 0.732 bits per heavy atom. The molecule has 41 heavy (non-hydrogen) atoms. The zero-order valence-electron chi connectivity index (χ0n) is 21.4. The standard InChI is InChI=1S/C31H23Br2NO7/c32-26-20-14-21(27(26)33)25-24(20)28(36)34(29(25)37)22-9-5-4-8-19(22)31(39)40-15-23(35)16-10-12-18(13-11-16)41-30(38)17-6-2-1-3-7-17/h1-13,20-21,24-27H,14-15H2. The van der Waals surface area contributed by atoms with Crippen LogP contribution in [0.2, 0.25) is 0 Å². The molecule has 1 aliphatic heterocycles. The van der Waals surface area contributed by atoms with Gasteiger partial charge in [0.1, 0.15) is 5.75 Å². The fourth-order valence-electron chi connectivity index (χ4n) is 6.17. The summed E-state index contributed by atoms with van der Waals surface area (Å²) < 4.78 is 10.6. The van der Waals surface area contributed by atoms with Crippen LogP contribution in [-0.4, -0.2) is 45.8 Å². The van der Waals surface area contributed by atoms with Crippen LogP contribution in [0.3, 0.4) is 0 Å². The minimum absolute atomic E-state index is 0.0308. The number of benzene rings is 3. The third-order valence-electron chi connectivity index (χ3n) is 8.08. The van der Waals surface area contributed by atoms with Gasteiger partial charge in [0, 0.05) is 15.2 Å². The number of hydrogen-bond acceptors (Lipinski definition) is 7. The molecule has 3 aromatic carbocycles. The maximum absolute atomic E-state index is 13.5. The van der Waals surface area contributed by atoms with E-state index in [1.54, 1.807) is 48.5 Å². The van der Waals surface area contributed by atoms with E-state index < -0.39 is 36.2 Å². The lowest BCUT2D eigenvalue weighted by molar-refractivity contribution is -0.123. The van der Waals surface area contributed by atoms with Crippen molar-refractivity contribution in [3.8, 4) is 5.75 Å². The van der Waals surface area contributed by atoms with Crippen LogP contribution in [0.4, 0.5) is 5.69 Å². The number of ketones is 1. The third-order valence-corrected chi connectivity index (χ3v) is 11.3. The van der Waals surface area contributed by atoms with E-state index in [2.05, 4.69) is 31.9 Å². The molecular formula is C31H23Br2NO7. The molecule has 208 valence electrons. The third kappa shape index (κ3) is 4.82. The Balaban J connectivity index is 1.12. The van der Waals surface area contributed by atoms with E-state index in [4.69, 9.17) is 9.47 Å². The summed E-state index contributed by atoms with van der Waals surface area (Å²) in [6, 6.07) is 20.7. The lowest BCUT2D eigenvalue weighted by Gasteiger charge is -2.28. The number of rotatable bonds is 7. The Morgan fingerprint density at radius 3 is 1.95 bits per heavy atom. The van der Waals surface area contributed by atoms with Crippen molar-refractivity contribution in [1.29, 1.82) is 0 Å². The molecule has 0 aromatic heterocycles. The van der Waals surface area contributed by atoms with Gasteiger partial charge in [-0.15, -0.1) is 0 Å². The van der Waals surface area contributed by atoms with E-state index in [0.717, 1.165) is 11.3 Å². The highest BCUT2D eigenvalue weighted by Gasteiger charge is 2.66. The van der Waals surface area contributed by atoms with Crippen LogP contribution in [0.15, 0.2) is 78.9 Å². The quantitative estimate of drug-likeness (QED) is 0.111. The first-order valence-corrected chi connectivity index (χ1v) is 14.9. The minimum atomic E-state index is -0.820. The highest BCUT2D eigenvalue weighted by atomic mass is 79.9. The molecule has 10 heteroatoms. The number of Topliss-reactive ketones (excluding diaryl/α,β-unsaturated/α-hetero) is 1. The molecule has 1 heterocycles. The Morgan fingerprint density at radius 2 is 1.32 bits per heavy atom. The lowest BCUT2D eigenvalue weighted by Crippen LogP contribution is -2.37. The predicted molar refractivity (Wildman–Crippen MR) is 155 cm³/mol. The highest BCUT2D eigenvalue weighted by Crippen LogP contribution is 2.60. The Labute approximate surface area is 252 Å². The number of carbonyl (C=O) groups is 5. The number of carbonyl (C=O) groups excluding carboxylic acids is 5. The van der Waals surface area contributed by atoms with Gasteiger partial charge in [0.2, 0.25) is 11.8 Å². The molecule has 2 aliphatic carbocycles. The van der Waals surface area contributed by atoms with E-state index in [1.807, 2.05) is 0 Å². The number of imide groups is 1. The van der Waals surface area contributed by atoms with Gasteiger partial charge < -0.3 is 9.47 Å². The average molecular weight is 681 g/mol. The van der Waals surface area contributed by atoms with Gasteiger partial charge in [-0.1, -0.05) is 62.2 Å². The van der Waals surface area contributed by atoms with Crippen LogP contribution in [-0.2, 0) is 14.3 Å². The molecule has 2 amide bonds. The van der Waals surface area contributed by atoms with Gasteiger partial charge in [0.25, 0.3) is 0 Å². The number of hydrogen-bond donors (Lipinski definition) is 0. The molecule has 6 rings (SSSR count). The van der Waals surface area contributed by atoms with Crippen molar-refractivity contribution in [2.45, 2.75) is 16.1 Å². The van der Waals surface area contributed by atoms with E-state index in [9.17, 15) is 24.0 Å². The Bertz CT molecular complexity index is 1530. The molecule has 1 saturated heterocycles. The van der Waals surface area contributed by atoms with Crippen molar-refractivity contribution in [2.75, 3.05) is 11.5 Å². The number of para-hydroxylation sites is 1. The molecular weight excluding hydrogens is 658 g/mol. The second kappa shape index (κ2) is 11.0. The van der Waals surface area contributed by atoms with Crippen LogP contribution in [0.5, 0.6) is 5.75 Å². The van der Waals surface area contributed by atoms with Gasteiger partial charge in [-0.3, -0.25) is 14.4 Å². The largest absolute Gasteiger partial charge is 0.454 e. The molecule has 2 bridgehead atoms. The Hall–Kier alpha value is -3.63. The fraction of sp³-hybridized carbons (Fsp3) is 0.258. The summed E-state index contributed by atoms with van der Waals surface area (Å²) in [5, 5.41) is 0. The smallest absolute Gasteiger partial charge is 0.343 e. The van der Waals surface area contributed by atoms with Crippen molar-refractivity contribution < 1.29 is 33.4 Å². The fourth-order valence-corrected chi connectivity index (χ4v) is 8.04.